The molecule has 0 radical (unpaired) electrons. The van der Waals surface area contributed by atoms with E-state index >= 15 is 0 Å². The van der Waals surface area contributed by atoms with Crippen LogP contribution < -0.4 is 10.6 Å². The van der Waals surface area contributed by atoms with Crippen molar-refractivity contribution in [1.82, 2.24) is 20.6 Å². The Labute approximate surface area is 103 Å². The van der Waals surface area contributed by atoms with Gasteiger partial charge in [-0.25, -0.2) is 9.97 Å². The number of nitrogens with one attached hydrogen (secondary N) is 2. The quantitative estimate of drug-likeness (QED) is 0.786. The van der Waals surface area contributed by atoms with E-state index in [1.54, 1.807) is 0 Å². The van der Waals surface area contributed by atoms with Crippen LogP contribution in [0.25, 0.3) is 0 Å². The summed E-state index contributed by atoms with van der Waals surface area (Å²) in [5.74, 6) is -0.581. The van der Waals surface area contributed by atoms with Crippen LogP contribution in [-0.4, -0.2) is 34.4 Å². The van der Waals surface area contributed by atoms with E-state index in [9.17, 15) is 9.59 Å². The van der Waals surface area contributed by atoms with Gasteiger partial charge >= 0.3 is 0 Å². The molecule has 0 spiro atoms. The molecule has 0 aliphatic carbocycles. The maximum atomic E-state index is 11.7. The monoisotopic (exact) mass is 254 g/mol. The third-order valence-electron chi connectivity index (χ3n) is 2.44. The minimum atomic E-state index is -0.492. The van der Waals surface area contributed by atoms with Crippen LogP contribution in [-0.2, 0) is 4.79 Å². The molecular weight excluding hydrogens is 244 g/mol. The van der Waals surface area contributed by atoms with Gasteiger partial charge in [0.1, 0.15) is 16.9 Å². The molecule has 1 saturated heterocycles. The molecule has 2 N–H and O–H groups in total. The molecule has 1 fully saturated rings. The number of amides is 2. The average molecular weight is 255 g/mol. The Morgan fingerprint density at radius 2 is 2.29 bits per heavy atom. The van der Waals surface area contributed by atoms with E-state index < -0.39 is 11.9 Å². The Kier molecular flexibility index (Phi) is 3.53. The molecule has 1 atom stereocenters. The van der Waals surface area contributed by atoms with E-state index in [0.717, 1.165) is 6.42 Å². The molecule has 2 amide bonds. The second-order valence-corrected chi connectivity index (χ2v) is 4.07. The Morgan fingerprint density at radius 3 is 2.94 bits per heavy atom. The van der Waals surface area contributed by atoms with Crippen molar-refractivity contribution in [3.63, 3.8) is 0 Å². The Balaban J connectivity index is 2.01. The fourth-order valence-electron chi connectivity index (χ4n) is 1.57. The fourth-order valence-corrected chi connectivity index (χ4v) is 1.67. The third-order valence-corrected chi connectivity index (χ3v) is 2.64. The van der Waals surface area contributed by atoms with Gasteiger partial charge in [0, 0.05) is 6.54 Å². The molecule has 2 heterocycles. The van der Waals surface area contributed by atoms with Crippen LogP contribution in [0, 0.1) is 0 Å². The second kappa shape index (κ2) is 5.09. The number of rotatable bonds is 2. The van der Waals surface area contributed by atoms with Gasteiger partial charge in [-0.15, -0.1) is 0 Å². The number of aromatic nitrogens is 2. The lowest BCUT2D eigenvalue weighted by molar-refractivity contribution is -0.124. The van der Waals surface area contributed by atoms with Gasteiger partial charge in [0.15, 0.2) is 0 Å². The number of carbonyl (C=O) groups excluding carboxylic acids is 2. The fraction of sp³-hybridized carbons (Fsp3) is 0.400. The second-order valence-electron chi connectivity index (χ2n) is 3.68. The van der Waals surface area contributed by atoms with E-state index in [4.69, 9.17) is 11.6 Å². The average Bonchev–Trinajstić information content (AvgIpc) is 2.33. The highest BCUT2D eigenvalue weighted by Crippen LogP contribution is 2.05. The summed E-state index contributed by atoms with van der Waals surface area (Å²) in [6, 6.07) is -0.492. The van der Waals surface area contributed by atoms with Crippen LogP contribution in [0.15, 0.2) is 12.4 Å². The molecule has 1 aliphatic heterocycles. The predicted octanol–water partition coefficient (Wildman–Crippen LogP) is 0.138. The van der Waals surface area contributed by atoms with Crippen LogP contribution in [0.4, 0.5) is 0 Å². The van der Waals surface area contributed by atoms with Gasteiger partial charge in [-0.3, -0.25) is 9.59 Å². The van der Waals surface area contributed by atoms with Crippen LogP contribution in [0.2, 0.25) is 5.15 Å². The molecule has 7 heteroatoms. The minimum absolute atomic E-state index is 0.146. The van der Waals surface area contributed by atoms with Crippen molar-refractivity contribution in [3.8, 4) is 0 Å². The molecule has 1 aliphatic rings. The van der Waals surface area contributed by atoms with E-state index in [2.05, 4.69) is 20.6 Å². The highest BCUT2D eigenvalue weighted by molar-refractivity contribution is 6.29. The third kappa shape index (κ3) is 2.91. The van der Waals surface area contributed by atoms with Gasteiger partial charge in [-0.1, -0.05) is 11.6 Å². The summed E-state index contributed by atoms with van der Waals surface area (Å²) in [6.07, 6.45) is 4.05. The topological polar surface area (TPSA) is 84.0 Å². The first kappa shape index (κ1) is 11.8. The van der Waals surface area contributed by atoms with Gasteiger partial charge in [0.25, 0.3) is 5.91 Å². The Bertz CT molecular complexity index is 434. The molecule has 0 aromatic carbocycles. The molecule has 0 saturated carbocycles. The molecule has 1 aromatic heterocycles. The number of carbonyl (C=O) groups is 2. The lowest BCUT2D eigenvalue weighted by atomic mass is 10.1. The van der Waals surface area contributed by atoms with Crippen molar-refractivity contribution >= 4 is 23.4 Å². The molecule has 17 heavy (non-hydrogen) atoms. The Hall–Kier alpha value is -1.69. The molecule has 0 bridgehead atoms. The zero-order chi connectivity index (χ0) is 12.3. The Morgan fingerprint density at radius 1 is 1.47 bits per heavy atom. The zero-order valence-electron chi connectivity index (χ0n) is 8.94. The normalized spacial score (nSPS) is 19.6. The SMILES string of the molecule is O=C(NC1CCCNC1=O)c1cnc(Cl)cn1. The lowest BCUT2D eigenvalue weighted by Gasteiger charge is -2.22. The van der Waals surface area contributed by atoms with Crippen LogP contribution in [0.3, 0.4) is 0 Å². The van der Waals surface area contributed by atoms with Crippen LogP contribution >= 0.6 is 11.6 Å². The van der Waals surface area contributed by atoms with Gasteiger partial charge in [0.05, 0.1) is 12.4 Å². The summed E-state index contributed by atoms with van der Waals surface area (Å²) in [7, 11) is 0. The standard InChI is InChI=1S/C10H11ClN4O2/c11-8-5-13-7(4-14-8)10(17)15-6-2-1-3-12-9(6)16/h4-6H,1-3H2,(H,12,16)(H,15,17). The van der Waals surface area contributed by atoms with Gasteiger partial charge in [-0.2, -0.15) is 0 Å². The summed E-state index contributed by atoms with van der Waals surface area (Å²) in [4.78, 5) is 30.7. The molecule has 6 nitrogen and oxygen atoms in total. The maximum Gasteiger partial charge on any atom is 0.272 e. The summed E-state index contributed by atoms with van der Waals surface area (Å²) in [6.45, 7) is 0.659. The summed E-state index contributed by atoms with van der Waals surface area (Å²) in [5, 5.41) is 5.51. The van der Waals surface area contributed by atoms with Crippen molar-refractivity contribution in [2.45, 2.75) is 18.9 Å². The van der Waals surface area contributed by atoms with Crippen molar-refractivity contribution in [2.24, 2.45) is 0 Å². The van der Waals surface area contributed by atoms with Crippen molar-refractivity contribution < 1.29 is 9.59 Å². The molecule has 90 valence electrons. The predicted molar refractivity (Wildman–Crippen MR) is 60.5 cm³/mol. The number of hydrogen-bond donors (Lipinski definition) is 2. The van der Waals surface area contributed by atoms with E-state index in [0.29, 0.717) is 13.0 Å². The highest BCUT2D eigenvalue weighted by Gasteiger charge is 2.24. The summed E-state index contributed by atoms with van der Waals surface area (Å²) in [5.41, 5.74) is 0.146. The largest absolute Gasteiger partial charge is 0.354 e. The van der Waals surface area contributed by atoms with Crippen LogP contribution in [0.5, 0.6) is 0 Å². The van der Waals surface area contributed by atoms with Crippen molar-refractivity contribution in [3.05, 3.63) is 23.2 Å². The number of hydrogen-bond acceptors (Lipinski definition) is 4. The van der Waals surface area contributed by atoms with Crippen molar-refractivity contribution in [1.29, 1.82) is 0 Å². The van der Waals surface area contributed by atoms with Crippen molar-refractivity contribution in [2.75, 3.05) is 6.54 Å². The molecule has 1 aromatic rings. The number of halogens is 1. The summed E-state index contributed by atoms with van der Waals surface area (Å²) >= 11 is 5.56. The highest BCUT2D eigenvalue weighted by atomic mass is 35.5. The summed E-state index contributed by atoms with van der Waals surface area (Å²) < 4.78 is 0. The first-order valence-corrected chi connectivity index (χ1v) is 5.61. The van der Waals surface area contributed by atoms with Gasteiger partial charge in [-0.05, 0) is 12.8 Å². The lowest BCUT2D eigenvalue weighted by Crippen LogP contribution is -2.50. The number of nitrogens with zero attached hydrogens (tertiary/aromatic N) is 2. The van der Waals surface area contributed by atoms with Crippen LogP contribution in [0.1, 0.15) is 23.3 Å². The zero-order valence-corrected chi connectivity index (χ0v) is 9.70. The first-order valence-electron chi connectivity index (χ1n) is 5.23. The van der Waals surface area contributed by atoms with Gasteiger partial charge in [0.2, 0.25) is 5.91 Å². The van der Waals surface area contributed by atoms with Gasteiger partial charge < -0.3 is 10.6 Å². The smallest absolute Gasteiger partial charge is 0.272 e. The number of piperidine rings is 1. The molecule has 1 unspecified atom stereocenters. The van der Waals surface area contributed by atoms with E-state index in [1.807, 2.05) is 0 Å². The molecular formula is C10H11ClN4O2. The van der Waals surface area contributed by atoms with E-state index in [-0.39, 0.29) is 16.8 Å². The minimum Gasteiger partial charge on any atom is -0.354 e. The van der Waals surface area contributed by atoms with E-state index in [1.165, 1.54) is 12.4 Å². The molecule has 2 rings (SSSR count). The first-order chi connectivity index (χ1) is 8.16. The maximum absolute atomic E-state index is 11.7.